The lowest BCUT2D eigenvalue weighted by Gasteiger charge is -2.16. The van der Waals surface area contributed by atoms with Gasteiger partial charge in [0.2, 0.25) is 0 Å². The molecule has 0 aliphatic heterocycles. The molecule has 0 unspecified atom stereocenters. The van der Waals surface area contributed by atoms with Crippen LogP contribution in [0.5, 0.6) is 5.75 Å². The highest BCUT2D eigenvalue weighted by atomic mass is 16.3. The number of rotatable bonds is 7. The molecule has 0 saturated carbocycles. The summed E-state index contributed by atoms with van der Waals surface area (Å²) in [5.74, 6) is 0.298. The Hall–Kier alpha value is -2.06. The van der Waals surface area contributed by atoms with E-state index >= 15 is 0 Å². The molecule has 0 saturated heterocycles. The average Bonchev–Trinajstić information content (AvgIpc) is 2.51. The number of aliphatic hydroxyl groups is 1. The van der Waals surface area contributed by atoms with Gasteiger partial charge >= 0.3 is 0 Å². The molecule has 0 fully saturated rings. The molecule has 0 aromatic heterocycles. The van der Waals surface area contributed by atoms with Crippen molar-refractivity contribution in [3.63, 3.8) is 0 Å². The second-order valence-electron chi connectivity index (χ2n) is 6.65. The minimum absolute atomic E-state index is 0.298. The van der Waals surface area contributed by atoms with Crippen LogP contribution < -0.4 is 0 Å². The maximum absolute atomic E-state index is 9.74. The maximum atomic E-state index is 9.74. The first-order valence-electron chi connectivity index (χ1n) is 8.21. The zero-order valence-electron chi connectivity index (χ0n) is 14.0. The molecule has 2 N–H and O–H groups in total. The van der Waals surface area contributed by atoms with Crippen molar-refractivity contribution in [3.8, 4) is 5.75 Å². The van der Waals surface area contributed by atoms with E-state index in [1.54, 1.807) is 6.07 Å². The summed E-state index contributed by atoms with van der Waals surface area (Å²) in [6.07, 6.45) is 7.95. The molecule has 2 heteroatoms. The second kappa shape index (κ2) is 7.98. The van der Waals surface area contributed by atoms with Gasteiger partial charge in [-0.3, -0.25) is 0 Å². The van der Waals surface area contributed by atoms with Crippen LogP contribution in [0.25, 0.3) is 12.2 Å². The Balaban J connectivity index is 1.86. The number of unbranched alkanes of at least 4 members (excludes halogenated alkanes) is 1. The number of hydrogen-bond acceptors (Lipinski definition) is 2. The van der Waals surface area contributed by atoms with Crippen molar-refractivity contribution in [3.05, 3.63) is 65.2 Å². The van der Waals surface area contributed by atoms with Crippen molar-refractivity contribution in [1.82, 2.24) is 0 Å². The van der Waals surface area contributed by atoms with Gasteiger partial charge < -0.3 is 10.2 Å². The zero-order valence-corrected chi connectivity index (χ0v) is 14.0. The molecule has 0 aliphatic carbocycles. The molecule has 2 rings (SSSR count). The summed E-state index contributed by atoms with van der Waals surface area (Å²) in [6.45, 7) is 3.72. The fourth-order valence-electron chi connectivity index (χ4n) is 2.50. The Kier molecular flexibility index (Phi) is 6.00. The fraction of sp³-hybridized carbons (Fsp3) is 0.333. The molecule has 0 radical (unpaired) electrons. The van der Waals surface area contributed by atoms with Gasteiger partial charge in [0.1, 0.15) is 5.75 Å². The van der Waals surface area contributed by atoms with Crippen LogP contribution in [0.4, 0.5) is 0 Å². The Morgan fingerprint density at radius 1 is 0.913 bits per heavy atom. The molecular weight excluding hydrogens is 284 g/mol. The number of phenols is 1. The average molecular weight is 310 g/mol. The molecule has 2 nitrogen and oxygen atoms in total. The molecule has 0 heterocycles. The molecule has 2 aromatic carbocycles. The summed E-state index contributed by atoms with van der Waals surface area (Å²) < 4.78 is 0. The fourth-order valence-corrected chi connectivity index (χ4v) is 2.50. The predicted octanol–water partition coefficient (Wildman–Crippen LogP) is 5.05. The third-order valence-electron chi connectivity index (χ3n) is 3.88. The van der Waals surface area contributed by atoms with Crippen LogP contribution in [-0.4, -0.2) is 15.8 Å². The van der Waals surface area contributed by atoms with Crippen molar-refractivity contribution in [2.45, 2.75) is 45.1 Å². The van der Waals surface area contributed by atoms with E-state index in [-0.39, 0.29) is 0 Å². The standard InChI is InChI=1S/C21H26O2/c1-21(2,23)16-6-5-7-17-10-12-18(13-11-17)14-15-19-8-3-4-9-20(19)22/h3-4,8-15,22-23H,5-7,16H2,1-2H3. The van der Waals surface area contributed by atoms with Crippen LogP contribution in [0.3, 0.4) is 0 Å². The highest BCUT2D eigenvalue weighted by Gasteiger charge is 2.10. The van der Waals surface area contributed by atoms with Gasteiger partial charge in [-0.1, -0.05) is 61.0 Å². The Morgan fingerprint density at radius 2 is 1.61 bits per heavy atom. The third kappa shape index (κ3) is 6.29. The normalized spacial score (nSPS) is 12.0. The maximum Gasteiger partial charge on any atom is 0.122 e. The molecule has 0 amide bonds. The minimum Gasteiger partial charge on any atom is -0.507 e. The first-order valence-corrected chi connectivity index (χ1v) is 8.21. The van der Waals surface area contributed by atoms with Gasteiger partial charge in [-0.15, -0.1) is 0 Å². The smallest absolute Gasteiger partial charge is 0.122 e. The zero-order chi connectivity index (χ0) is 16.7. The molecular formula is C21H26O2. The molecule has 0 atom stereocenters. The largest absolute Gasteiger partial charge is 0.507 e. The molecule has 2 aromatic rings. The topological polar surface area (TPSA) is 40.5 Å². The summed E-state index contributed by atoms with van der Waals surface area (Å²) >= 11 is 0. The first kappa shape index (κ1) is 17.3. The van der Waals surface area contributed by atoms with Crippen LogP contribution in [0, 0.1) is 0 Å². The molecule has 0 aliphatic rings. The molecule has 122 valence electrons. The van der Waals surface area contributed by atoms with E-state index in [4.69, 9.17) is 0 Å². The Bertz CT molecular complexity index is 634. The van der Waals surface area contributed by atoms with Gasteiger partial charge in [0.15, 0.2) is 0 Å². The minimum atomic E-state index is -0.558. The summed E-state index contributed by atoms with van der Waals surface area (Å²) in [5.41, 5.74) is 2.70. The van der Waals surface area contributed by atoms with Crippen molar-refractivity contribution in [1.29, 1.82) is 0 Å². The lowest BCUT2D eigenvalue weighted by Crippen LogP contribution is -2.17. The van der Waals surface area contributed by atoms with E-state index in [0.717, 1.165) is 36.8 Å². The number of phenolic OH excluding ortho intramolecular Hbond substituents is 1. The molecule has 0 bridgehead atoms. The monoisotopic (exact) mass is 310 g/mol. The summed E-state index contributed by atoms with van der Waals surface area (Å²) in [7, 11) is 0. The van der Waals surface area contributed by atoms with Crippen molar-refractivity contribution < 1.29 is 10.2 Å². The Morgan fingerprint density at radius 3 is 2.26 bits per heavy atom. The Labute approximate surface area is 139 Å². The summed E-state index contributed by atoms with van der Waals surface area (Å²) in [4.78, 5) is 0. The predicted molar refractivity (Wildman–Crippen MR) is 97.3 cm³/mol. The van der Waals surface area contributed by atoms with Crippen LogP contribution in [0.15, 0.2) is 48.5 Å². The van der Waals surface area contributed by atoms with Gasteiger partial charge in [-0.05, 0) is 50.3 Å². The van der Waals surface area contributed by atoms with E-state index in [0.29, 0.717) is 5.75 Å². The van der Waals surface area contributed by atoms with Gasteiger partial charge in [0, 0.05) is 5.56 Å². The van der Waals surface area contributed by atoms with Gasteiger partial charge in [0.25, 0.3) is 0 Å². The summed E-state index contributed by atoms with van der Waals surface area (Å²) in [6, 6.07) is 15.8. The second-order valence-corrected chi connectivity index (χ2v) is 6.65. The van der Waals surface area contributed by atoms with Crippen molar-refractivity contribution >= 4 is 12.2 Å². The van der Waals surface area contributed by atoms with E-state index < -0.39 is 5.60 Å². The van der Waals surface area contributed by atoms with E-state index in [2.05, 4.69) is 24.3 Å². The number of aromatic hydroxyl groups is 1. The van der Waals surface area contributed by atoms with Gasteiger partial charge in [-0.2, -0.15) is 0 Å². The van der Waals surface area contributed by atoms with Crippen LogP contribution in [0.1, 0.15) is 49.8 Å². The van der Waals surface area contributed by atoms with Crippen LogP contribution in [0.2, 0.25) is 0 Å². The lowest BCUT2D eigenvalue weighted by molar-refractivity contribution is 0.0682. The molecule has 23 heavy (non-hydrogen) atoms. The van der Waals surface area contributed by atoms with Crippen molar-refractivity contribution in [2.75, 3.05) is 0 Å². The number of aryl methyl sites for hydroxylation is 1. The highest BCUT2D eigenvalue weighted by molar-refractivity contribution is 5.72. The SMILES string of the molecule is CC(C)(O)CCCCc1ccc(C=Cc2ccccc2O)cc1. The lowest BCUT2D eigenvalue weighted by atomic mass is 9.99. The first-order chi connectivity index (χ1) is 10.9. The quantitative estimate of drug-likeness (QED) is 0.555. The van der Waals surface area contributed by atoms with Crippen LogP contribution >= 0.6 is 0 Å². The number of hydrogen-bond donors (Lipinski definition) is 2. The van der Waals surface area contributed by atoms with Crippen LogP contribution in [-0.2, 0) is 6.42 Å². The van der Waals surface area contributed by atoms with Crippen molar-refractivity contribution in [2.24, 2.45) is 0 Å². The highest BCUT2D eigenvalue weighted by Crippen LogP contribution is 2.19. The molecule has 0 spiro atoms. The third-order valence-corrected chi connectivity index (χ3v) is 3.88. The number of benzene rings is 2. The van der Waals surface area contributed by atoms with E-state index in [1.165, 1.54) is 5.56 Å². The van der Waals surface area contributed by atoms with Gasteiger partial charge in [-0.25, -0.2) is 0 Å². The van der Waals surface area contributed by atoms with E-state index in [1.807, 2.05) is 44.2 Å². The summed E-state index contributed by atoms with van der Waals surface area (Å²) in [5, 5.41) is 19.4. The van der Waals surface area contributed by atoms with E-state index in [9.17, 15) is 10.2 Å². The van der Waals surface area contributed by atoms with Gasteiger partial charge in [0.05, 0.1) is 5.60 Å². The number of para-hydroxylation sites is 1.